The second-order valence-corrected chi connectivity index (χ2v) is 4.93. The lowest BCUT2D eigenvalue weighted by Crippen LogP contribution is -2.58. The zero-order chi connectivity index (χ0) is 13.0. The number of nitrogens with two attached hydrogens (primary N) is 1. The van der Waals surface area contributed by atoms with Gasteiger partial charge in [-0.2, -0.15) is 0 Å². The molecular weight excluding hydrogens is 232 g/mol. The number of ether oxygens (including phenoxy) is 1. The Kier molecular flexibility index (Phi) is 4.04. The van der Waals surface area contributed by atoms with Gasteiger partial charge in [0.1, 0.15) is 5.76 Å². The van der Waals surface area contributed by atoms with E-state index in [1.165, 1.54) is 0 Å². The summed E-state index contributed by atoms with van der Waals surface area (Å²) in [6, 6.07) is 3.74. The Bertz CT molecular complexity index is 383. The van der Waals surface area contributed by atoms with Crippen molar-refractivity contribution in [2.24, 2.45) is 5.73 Å². The molecule has 1 saturated heterocycles. The minimum absolute atomic E-state index is 0.00641. The fraction of sp³-hybridized carbons (Fsp3) is 0.615. The first-order valence-electron chi connectivity index (χ1n) is 6.30. The van der Waals surface area contributed by atoms with Crippen LogP contribution in [0.1, 0.15) is 25.5 Å². The van der Waals surface area contributed by atoms with Crippen LogP contribution in [0.15, 0.2) is 22.8 Å². The predicted octanol–water partition coefficient (Wildman–Crippen LogP) is 0.835. The van der Waals surface area contributed by atoms with Crippen LogP contribution < -0.4 is 11.1 Å². The Morgan fingerprint density at radius 1 is 1.56 bits per heavy atom. The molecule has 2 rings (SSSR count). The number of furan rings is 1. The number of hydrogen-bond donors (Lipinski definition) is 2. The van der Waals surface area contributed by atoms with Gasteiger partial charge in [-0.05, 0) is 31.9 Å². The van der Waals surface area contributed by atoms with Crippen LogP contribution in [-0.2, 0) is 16.0 Å². The van der Waals surface area contributed by atoms with Gasteiger partial charge >= 0.3 is 0 Å². The first kappa shape index (κ1) is 13.1. The Hall–Kier alpha value is -1.33. The van der Waals surface area contributed by atoms with Crippen molar-refractivity contribution in [2.75, 3.05) is 13.2 Å². The molecule has 1 aliphatic heterocycles. The van der Waals surface area contributed by atoms with Crippen molar-refractivity contribution in [3.63, 3.8) is 0 Å². The predicted molar refractivity (Wildman–Crippen MR) is 67.0 cm³/mol. The molecule has 0 radical (unpaired) electrons. The highest BCUT2D eigenvalue weighted by Gasteiger charge is 2.36. The minimum Gasteiger partial charge on any atom is -0.469 e. The van der Waals surface area contributed by atoms with Crippen molar-refractivity contribution in [2.45, 2.75) is 37.8 Å². The average Bonchev–Trinajstić information content (AvgIpc) is 2.82. The smallest absolute Gasteiger partial charge is 0.240 e. The van der Waals surface area contributed by atoms with Crippen molar-refractivity contribution in [1.82, 2.24) is 5.32 Å². The molecule has 1 atom stereocenters. The summed E-state index contributed by atoms with van der Waals surface area (Å²) in [4.78, 5) is 12.1. The van der Waals surface area contributed by atoms with Crippen molar-refractivity contribution in [1.29, 1.82) is 0 Å². The van der Waals surface area contributed by atoms with E-state index in [4.69, 9.17) is 14.9 Å². The van der Waals surface area contributed by atoms with Gasteiger partial charge in [-0.15, -0.1) is 0 Å². The van der Waals surface area contributed by atoms with E-state index in [1.54, 1.807) is 6.26 Å². The van der Waals surface area contributed by atoms with E-state index in [1.807, 2.05) is 19.1 Å². The molecule has 0 spiro atoms. The molecule has 1 unspecified atom stereocenters. The molecular formula is C13H20N2O3. The van der Waals surface area contributed by atoms with E-state index in [9.17, 15) is 4.79 Å². The van der Waals surface area contributed by atoms with E-state index >= 15 is 0 Å². The molecule has 0 saturated carbocycles. The molecule has 2 heterocycles. The molecule has 3 N–H and O–H groups in total. The summed E-state index contributed by atoms with van der Waals surface area (Å²) in [6.07, 6.45) is 3.46. The minimum atomic E-state index is -0.782. The van der Waals surface area contributed by atoms with Gasteiger partial charge in [0.15, 0.2) is 0 Å². The lowest BCUT2D eigenvalue weighted by molar-refractivity contribution is -0.130. The molecule has 1 amide bonds. The second-order valence-electron chi connectivity index (χ2n) is 4.93. The lowest BCUT2D eigenvalue weighted by atomic mass is 9.90. The molecule has 0 aromatic carbocycles. The van der Waals surface area contributed by atoms with E-state index < -0.39 is 5.54 Å². The van der Waals surface area contributed by atoms with Gasteiger partial charge in [-0.3, -0.25) is 4.79 Å². The molecule has 100 valence electrons. The fourth-order valence-electron chi connectivity index (χ4n) is 2.11. The standard InChI is InChI=1S/C13H20N2O3/c1-10(9-11-3-2-6-18-11)15-12(16)13(14)4-7-17-8-5-13/h2-3,6,10H,4-5,7-9,14H2,1H3,(H,15,16). The molecule has 1 fully saturated rings. The molecule has 1 aromatic heterocycles. The molecule has 5 nitrogen and oxygen atoms in total. The molecule has 5 heteroatoms. The summed E-state index contributed by atoms with van der Waals surface area (Å²) in [5.41, 5.74) is 5.33. The molecule has 1 aliphatic rings. The van der Waals surface area contributed by atoms with Crippen LogP contribution in [0.3, 0.4) is 0 Å². The topological polar surface area (TPSA) is 77.5 Å². The maximum Gasteiger partial charge on any atom is 0.240 e. The van der Waals surface area contributed by atoms with Crippen LogP contribution in [0.2, 0.25) is 0 Å². The van der Waals surface area contributed by atoms with Crippen LogP contribution in [0, 0.1) is 0 Å². The number of carbonyl (C=O) groups excluding carboxylic acids is 1. The monoisotopic (exact) mass is 252 g/mol. The third kappa shape index (κ3) is 3.11. The maximum atomic E-state index is 12.1. The molecule has 0 aliphatic carbocycles. The number of carbonyl (C=O) groups is 1. The summed E-state index contributed by atoms with van der Waals surface area (Å²) in [7, 11) is 0. The zero-order valence-corrected chi connectivity index (χ0v) is 10.6. The van der Waals surface area contributed by atoms with Crippen molar-refractivity contribution >= 4 is 5.91 Å². The Morgan fingerprint density at radius 2 is 2.28 bits per heavy atom. The van der Waals surface area contributed by atoms with E-state index in [-0.39, 0.29) is 11.9 Å². The van der Waals surface area contributed by atoms with Crippen molar-refractivity contribution < 1.29 is 13.9 Å². The summed E-state index contributed by atoms with van der Waals surface area (Å²) in [5, 5.41) is 2.95. The highest BCUT2D eigenvalue weighted by Crippen LogP contribution is 2.18. The lowest BCUT2D eigenvalue weighted by Gasteiger charge is -2.32. The number of rotatable bonds is 4. The van der Waals surface area contributed by atoms with E-state index in [2.05, 4.69) is 5.32 Å². The molecule has 1 aromatic rings. The molecule has 18 heavy (non-hydrogen) atoms. The third-order valence-electron chi connectivity index (χ3n) is 3.30. The van der Waals surface area contributed by atoms with Gasteiger partial charge in [0, 0.05) is 25.7 Å². The van der Waals surface area contributed by atoms with Gasteiger partial charge < -0.3 is 20.2 Å². The second kappa shape index (κ2) is 5.54. The van der Waals surface area contributed by atoms with Crippen LogP contribution in [0.5, 0.6) is 0 Å². The SMILES string of the molecule is CC(Cc1ccco1)NC(=O)C1(N)CCOCC1. The van der Waals surface area contributed by atoms with Gasteiger partial charge in [0.2, 0.25) is 5.91 Å². The summed E-state index contributed by atoms with van der Waals surface area (Å²) >= 11 is 0. The van der Waals surface area contributed by atoms with Crippen LogP contribution in [0.25, 0.3) is 0 Å². The van der Waals surface area contributed by atoms with Gasteiger partial charge in [-0.25, -0.2) is 0 Å². The van der Waals surface area contributed by atoms with E-state index in [0.29, 0.717) is 32.5 Å². The number of hydrogen-bond acceptors (Lipinski definition) is 4. The van der Waals surface area contributed by atoms with Crippen LogP contribution in [-0.4, -0.2) is 30.7 Å². The first-order chi connectivity index (χ1) is 8.60. The Morgan fingerprint density at radius 3 is 2.89 bits per heavy atom. The molecule has 0 bridgehead atoms. The number of amides is 1. The summed E-state index contributed by atoms with van der Waals surface area (Å²) < 4.78 is 10.5. The Labute approximate surface area is 107 Å². The van der Waals surface area contributed by atoms with Crippen LogP contribution >= 0.6 is 0 Å². The summed E-state index contributed by atoms with van der Waals surface area (Å²) in [5.74, 6) is 0.769. The van der Waals surface area contributed by atoms with Gasteiger partial charge in [0.25, 0.3) is 0 Å². The average molecular weight is 252 g/mol. The quantitative estimate of drug-likeness (QED) is 0.832. The normalized spacial score (nSPS) is 20.3. The highest BCUT2D eigenvalue weighted by molar-refractivity contribution is 5.86. The maximum absolute atomic E-state index is 12.1. The largest absolute Gasteiger partial charge is 0.469 e. The summed E-state index contributed by atoms with van der Waals surface area (Å²) in [6.45, 7) is 3.05. The Balaban J connectivity index is 1.86. The number of nitrogens with one attached hydrogen (secondary N) is 1. The van der Waals surface area contributed by atoms with Gasteiger partial charge in [-0.1, -0.05) is 0 Å². The van der Waals surface area contributed by atoms with Crippen LogP contribution in [0.4, 0.5) is 0 Å². The fourth-order valence-corrected chi connectivity index (χ4v) is 2.11. The zero-order valence-electron chi connectivity index (χ0n) is 10.6. The third-order valence-corrected chi connectivity index (χ3v) is 3.30. The van der Waals surface area contributed by atoms with Gasteiger partial charge in [0.05, 0.1) is 11.8 Å². The highest BCUT2D eigenvalue weighted by atomic mass is 16.5. The van der Waals surface area contributed by atoms with Crippen molar-refractivity contribution in [3.8, 4) is 0 Å². The first-order valence-corrected chi connectivity index (χ1v) is 6.30. The van der Waals surface area contributed by atoms with E-state index in [0.717, 1.165) is 5.76 Å². The van der Waals surface area contributed by atoms with Crippen molar-refractivity contribution in [3.05, 3.63) is 24.2 Å².